The van der Waals surface area contributed by atoms with Crippen molar-refractivity contribution in [1.29, 1.82) is 0 Å². The van der Waals surface area contributed by atoms with Crippen LogP contribution in [0.15, 0.2) is 12.1 Å². The molecule has 108 valence electrons. The van der Waals surface area contributed by atoms with E-state index in [4.69, 9.17) is 0 Å². The molecule has 0 bridgehead atoms. The van der Waals surface area contributed by atoms with Crippen LogP contribution in [-0.2, 0) is 4.79 Å². The smallest absolute Gasteiger partial charge is 0.236 e. The van der Waals surface area contributed by atoms with Gasteiger partial charge in [0, 0.05) is 22.3 Å². The number of thiophene rings is 1. The summed E-state index contributed by atoms with van der Waals surface area (Å²) in [5, 5.41) is 6.33. The Bertz CT molecular complexity index is 389. The van der Waals surface area contributed by atoms with Crippen molar-refractivity contribution in [2.45, 2.75) is 59.0 Å². The van der Waals surface area contributed by atoms with Gasteiger partial charge in [-0.15, -0.1) is 11.3 Å². The Kier molecular flexibility index (Phi) is 7.10. The van der Waals surface area contributed by atoms with Crippen LogP contribution < -0.4 is 10.6 Å². The van der Waals surface area contributed by atoms with Gasteiger partial charge >= 0.3 is 0 Å². The first-order valence-corrected chi connectivity index (χ1v) is 7.96. The van der Waals surface area contributed by atoms with Gasteiger partial charge < -0.3 is 5.32 Å². The van der Waals surface area contributed by atoms with Crippen LogP contribution in [-0.4, -0.2) is 18.5 Å². The monoisotopic (exact) mass is 282 g/mol. The molecular formula is C15H26N2OS. The van der Waals surface area contributed by atoms with Gasteiger partial charge in [-0.05, 0) is 39.3 Å². The maximum atomic E-state index is 11.9. The summed E-state index contributed by atoms with van der Waals surface area (Å²) in [5.74, 6) is 0.0937. The van der Waals surface area contributed by atoms with Crippen LogP contribution in [0.4, 0.5) is 0 Å². The van der Waals surface area contributed by atoms with Gasteiger partial charge in [-0.3, -0.25) is 10.1 Å². The van der Waals surface area contributed by atoms with Gasteiger partial charge in [0.15, 0.2) is 0 Å². The minimum Gasteiger partial charge on any atom is -0.355 e. The van der Waals surface area contributed by atoms with Crippen LogP contribution in [0.5, 0.6) is 0 Å². The molecule has 4 heteroatoms. The minimum atomic E-state index is -0.154. The van der Waals surface area contributed by atoms with E-state index in [-0.39, 0.29) is 18.0 Å². The van der Waals surface area contributed by atoms with Crippen molar-refractivity contribution in [1.82, 2.24) is 10.6 Å². The van der Waals surface area contributed by atoms with Crippen LogP contribution in [0, 0.1) is 6.92 Å². The highest BCUT2D eigenvalue weighted by Gasteiger charge is 2.16. The third-order valence-electron chi connectivity index (χ3n) is 3.16. The molecule has 1 aromatic rings. The molecule has 1 heterocycles. The second-order valence-electron chi connectivity index (χ2n) is 5.06. The molecule has 1 amide bonds. The molecule has 0 aliphatic rings. The fourth-order valence-corrected chi connectivity index (χ4v) is 2.85. The number of carbonyl (C=O) groups is 1. The van der Waals surface area contributed by atoms with Crippen molar-refractivity contribution in [3.63, 3.8) is 0 Å². The molecule has 0 saturated heterocycles. The van der Waals surface area contributed by atoms with Crippen LogP contribution >= 0.6 is 11.3 Å². The van der Waals surface area contributed by atoms with Gasteiger partial charge in [0.1, 0.15) is 0 Å². The first kappa shape index (κ1) is 16.2. The molecule has 0 aliphatic heterocycles. The predicted molar refractivity (Wildman–Crippen MR) is 82.6 cm³/mol. The molecular weight excluding hydrogens is 256 g/mol. The number of carbonyl (C=O) groups excluding carboxylic acids is 1. The summed E-state index contributed by atoms with van der Waals surface area (Å²) in [6.45, 7) is 9.07. The molecule has 0 spiro atoms. The average molecular weight is 282 g/mol. The van der Waals surface area contributed by atoms with E-state index in [2.05, 4.69) is 43.5 Å². The summed E-state index contributed by atoms with van der Waals surface area (Å²) in [6, 6.07) is 4.31. The minimum absolute atomic E-state index is 0.0937. The fraction of sp³-hybridized carbons (Fsp3) is 0.667. The Morgan fingerprint density at radius 2 is 2.05 bits per heavy atom. The second-order valence-corrected chi connectivity index (χ2v) is 6.38. The van der Waals surface area contributed by atoms with Crippen molar-refractivity contribution < 1.29 is 4.79 Å². The van der Waals surface area contributed by atoms with E-state index in [1.165, 1.54) is 22.6 Å². The van der Waals surface area contributed by atoms with Crippen LogP contribution in [0.3, 0.4) is 0 Å². The summed E-state index contributed by atoms with van der Waals surface area (Å²) in [5.41, 5.74) is 0. The van der Waals surface area contributed by atoms with Gasteiger partial charge in [0.05, 0.1) is 6.04 Å². The van der Waals surface area contributed by atoms with Crippen LogP contribution in [0.2, 0.25) is 0 Å². The van der Waals surface area contributed by atoms with Crippen molar-refractivity contribution in [2.75, 3.05) is 6.54 Å². The molecule has 1 aromatic heterocycles. The SMILES string of the molecule is CCCCCNC(=O)C(C)NC(C)c1ccc(C)s1. The summed E-state index contributed by atoms with van der Waals surface area (Å²) in [7, 11) is 0. The van der Waals surface area contributed by atoms with Gasteiger partial charge in [0.2, 0.25) is 5.91 Å². The number of unbranched alkanes of at least 4 members (excludes halogenated alkanes) is 2. The quantitative estimate of drug-likeness (QED) is 0.718. The highest BCUT2D eigenvalue weighted by atomic mass is 32.1. The van der Waals surface area contributed by atoms with Crippen molar-refractivity contribution in [3.05, 3.63) is 21.9 Å². The highest BCUT2D eigenvalue weighted by Crippen LogP contribution is 2.22. The molecule has 2 atom stereocenters. The van der Waals surface area contributed by atoms with Crippen LogP contribution in [0.1, 0.15) is 55.8 Å². The number of hydrogen-bond donors (Lipinski definition) is 2. The normalized spacial score (nSPS) is 14.1. The summed E-state index contributed by atoms with van der Waals surface area (Å²) >= 11 is 1.78. The second kappa shape index (κ2) is 8.33. The molecule has 0 aromatic carbocycles. The molecule has 2 N–H and O–H groups in total. The van der Waals surface area contributed by atoms with E-state index in [0.717, 1.165) is 13.0 Å². The lowest BCUT2D eigenvalue weighted by molar-refractivity contribution is -0.122. The van der Waals surface area contributed by atoms with E-state index in [9.17, 15) is 4.79 Å². The lowest BCUT2D eigenvalue weighted by atomic mass is 10.2. The number of hydrogen-bond acceptors (Lipinski definition) is 3. The maximum absolute atomic E-state index is 11.9. The molecule has 2 unspecified atom stereocenters. The fourth-order valence-electron chi connectivity index (χ4n) is 1.96. The van der Waals surface area contributed by atoms with E-state index in [0.29, 0.717) is 0 Å². The standard InChI is InChI=1S/C15H26N2OS/c1-5-6-7-10-16-15(18)13(4)17-12(3)14-9-8-11(2)19-14/h8-9,12-13,17H,5-7,10H2,1-4H3,(H,16,18). The van der Waals surface area contributed by atoms with Gasteiger partial charge in [-0.25, -0.2) is 0 Å². The zero-order valence-electron chi connectivity index (χ0n) is 12.5. The van der Waals surface area contributed by atoms with Crippen molar-refractivity contribution in [2.24, 2.45) is 0 Å². The third-order valence-corrected chi connectivity index (χ3v) is 4.34. The van der Waals surface area contributed by atoms with E-state index in [1.54, 1.807) is 11.3 Å². The predicted octanol–water partition coefficient (Wildman–Crippen LogP) is 3.40. The topological polar surface area (TPSA) is 41.1 Å². The number of amides is 1. The van der Waals surface area contributed by atoms with Crippen LogP contribution in [0.25, 0.3) is 0 Å². The molecule has 19 heavy (non-hydrogen) atoms. The molecule has 0 fully saturated rings. The van der Waals surface area contributed by atoms with Crippen molar-refractivity contribution >= 4 is 17.2 Å². The largest absolute Gasteiger partial charge is 0.355 e. The Labute approximate surface area is 120 Å². The number of aryl methyl sites for hydroxylation is 1. The third kappa shape index (κ3) is 5.74. The van der Waals surface area contributed by atoms with Crippen molar-refractivity contribution in [3.8, 4) is 0 Å². The average Bonchev–Trinajstić information content (AvgIpc) is 2.81. The number of nitrogens with one attached hydrogen (secondary N) is 2. The zero-order chi connectivity index (χ0) is 14.3. The van der Waals surface area contributed by atoms with Gasteiger partial charge in [-0.2, -0.15) is 0 Å². The van der Waals surface area contributed by atoms with Gasteiger partial charge in [0.25, 0.3) is 0 Å². The van der Waals surface area contributed by atoms with E-state index >= 15 is 0 Å². The Balaban J connectivity index is 2.33. The first-order chi connectivity index (χ1) is 9.04. The van der Waals surface area contributed by atoms with E-state index in [1.807, 2.05) is 6.92 Å². The molecule has 0 aliphatic carbocycles. The maximum Gasteiger partial charge on any atom is 0.236 e. The Morgan fingerprint density at radius 1 is 1.32 bits per heavy atom. The molecule has 3 nitrogen and oxygen atoms in total. The lowest BCUT2D eigenvalue weighted by Gasteiger charge is -2.18. The summed E-state index contributed by atoms with van der Waals surface area (Å²) < 4.78 is 0. The highest BCUT2D eigenvalue weighted by molar-refractivity contribution is 7.12. The molecule has 0 radical (unpaired) electrons. The molecule has 0 saturated carbocycles. The summed E-state index contributed by atoms with van der Waals surface area (Å²) in [6.07, 6.45) is 3.42. The summed E-state index contributed by atoms with van der Waals surface area (Å²) in [4.78, 5) is 14.5. The Hall–Kier alpha value is -0.870. The lowest BCUT2D eigenvalue weighted by Crippen LogP contribution is -2.43. The van der Waals surface area contributed by atoms with Gasteiger partial charge in [-0.1, -0.05) is 19.8 Å². The zero-order valence-corrected chi connectivity index (χ0v) is 13.3. The molecule has 1 rings (SSSR count). The Morgan fingerprint density at radius 3 is 2.63 bits per heavy atom. The first-order valence-electron chi connectivity index (χ1n) is 7.14. The number of rotatable bonds is 8. The van der Waals surface area contributed by atoms with E-state index < -0.39 is 0 Å².